The number of aliphatic carboxylic acids is 1. The van der Waals surface area contributed by atoms with Crippen LogP contribution in [0.15, 0.2) is 11.6 Å². The van der Waals surface area contributed by atoms with Crippen LogP contribution in [0.4, 0.5) is 0 Å². The second-order valence-corrected chi connectivity index (χ2v) is 12.2. The van der Waals surface area contributed by atoms with Crippen LogP contribution in [0.2, 0.25) is 0 Å². The molecule has 5 heteroatoms. The second kappa shape index (κ2) is 14.0. The number of hydrogen-bond donors (Lipinski definition) is 3. The van der Waals surface area contributed by atoms with E-state index in [0.29, 0.717) is 55.8 Å². The number of aliphatic hydroxyl groups is 3. The summed E-state index contributed by atoms with van der Waals surface area (Å²) >= 11 is 0. The Kier molecular flexibility index (Phi) is 12.8. The van der Waals surface area contributed by atoms with Crippen LogP contribution in [0.25, 0.3) is 0 Å². The van der Waals surface area contributed by atoms with Gasteiger partial charge in [0.25, 0.3) is 0 Å². The van der Waals surface area contributed by atoms with Crippen LogP contribution >= 0.6 is 0 Å². The van der Waals surface area contributed by atoms with Crippen molar-refractivity contribution in [2.45, 2.75) is 136 Å². The summed E-state index contributed by atoms with van der Waals surface area (Å²) in [6.07, 6.45) is 10.5. The minimum Gasteiger partial charge on any atom is -0.550 e. The predicted molar refractivity (Wildman–Crippen MR) is 137 cm³/mol. The van der Waals surface area contributed by atoms with Crippen molar-refractivity contribution in [2.24, 2.45) is 29.6 Å². The van der Waals surface area contributed by atoms with E-state index >= 15 is 0 Å². The van der Waals surface area contributed by atoms with Crippen LogP contribution < -0.4 is 5.11 Å². The zero-order chi connectivity index (χ0) is 26.1. The Morgan fingerprint density at radius 2 is 1.41 bits per heavy atom. The summed E-state index contributed by atoms with van der Waals surface area (Å²) in [5, 5.41) is 42.5. The van der Waals surface area contributed by atoms with E-state index in [9.17, 15) is 25.2 Å². The standard InChI is InChI=1S/C29H54O5/c1-20(13-14-25-19-26(30)24(5)22(3)23(25)4)11-8-15-28(6,33)17-10-18-29(7,34)16-9-12-21(2)27(31)32/h19-24,26,30,33-34H,8-18H2,1-7H3,(H,31,32)/p-1. The summed E-state index contributed by atoms with van der Waals surface area (Å²) < 4.78 is 0. The Morgan fingerprint density at radius 1 is 0.912 bits per heavy atom. The van der Waals surface area contributed by atoms with Crippen molar-refractivity contribution in [1.82, 2.24) is 0 Å². The van der Waals surface area contributed by atoms with Gasteiger partial charge in [-0.25, -0.2) is 0 Å². The van der Waals surface area contributed by atoms with Crippen molar-refractivity contribution in [3.8, 4) is 0 Å². The molecular formula is C29H53O5-. The number of rotatable bonds is 16. The lowest BCUT2D eigenvalue weighted by Crippen LogP contribution is -2.32. The third-order valence-electron chi connectivity index (χ3n) is 8.65. The highest BCUT2D eigenvalue weighted by molar-refractivity contribution is 5.66. The Hall–Kier alpha value is -0.910. The molecule has 0 spiro atoms. The lowest BCUT2D eigenvalue weighted by molar-refractivity contribution is -0.311. The number of hydrogen-bond acceptors (Lipinski definition) is 5. The largest absolute Gasteiger partial charge is 0.550 e. The molecule has 0 aromatic carbocycles. The van der Waals surface area contributed by atoms with E-state index in [4.69, 9.17) is 0 Å². The van der Waals surface area contributed by atoms with Gasteiger partial charge in [-0.2, -0.15) is 0 Å². The van der Waals surface area contributed by atoms with Gasteiger partial charge in [0.1, 0.15) is 0 Å². The highest BCUT2D eigenvalue weighted by Crippen LogP contribution is 2.37. The first-order valence-electron chi connectivity index (χ1n) is 13.7. The molecule has 0 saturated heterocycles. The maximum atomic E-state index is 10.8. The van der Waals surface area contributed by atoms with Gasteiger partial charge in [0, 0.05) is 5.97 Å². The molecule has 0 saturated carbocycles. The maximum Gasteiger partial charge on any atom is 0.0751 e. The van der Waals surface area contributed by atoms with Gasteiger partial charge in [0.05, 0.1) is 17.3 Å². The number of aliphatic hydroxyl groups excluding tert-OH is 1. The fourth-order valence-electron chi connectivity index (χ4n) is 5.33. The molecule has 0 fully saturated rings. The van der Waals surface area contributed by atoms with Gasteiger partial charge in [0.2, 0.25) is 0 Å². The van der Waals surface area contributed by atoms with Crippen LogP contribution in [0.3, 0.4) is 0 Å². The lowest BCUT2D eigenvalue weighted by Gasteiger charge is -2.36. The minimum absolute atomic E-state index is 0.320. The molecule has 1 aliphatic rings. The summed E-state index contributed by atoms with van der Waals surface area (Å²) in [6, 6.07) is 0. The SMILES string of the molecule is CC(CCCC(C)(O)CCCC(C)(O)CCCC(C)C(=O)[O-])CCC1=CC(O)C(C)C(C)C1C. The highest BCUT2D eigenvalue weighted by Gasteiger charge is 2.31. The van der Waals surface area contributed by atoms with Crippen molar-refractivity contribution >= 4 is 5.97 Å². The van der Waals surface area contributed by atoms with E-state index in [1.54, 1.807) is 13.8 Å². The molecule has 0 aliphatic heterocycles. The number of carboxylic acid groups (broad SMARTS) is 1. The molecule has 200 valence electrons. The Morgan fingerprint density at radius 3 is 1.94 bits per heavy atom. The van der Waals surface area contributed by atoms with E-state index < -0.39 is 23.1 Å². The molecule has 5 nitrogen and oxygen atoms in total. The van der Waals surface area contributed by atoms with E-state index in [0.717, 1.165) is 38.5 Å². The van der Waals surface area contributed by atoms with Crippen LogP contribution in [0, 0.1) is 29.6 Å². The molecule has 34 heavy (non-hydrogen) atoms. The average Bonchev–Trinajstić information content (AvgIpc) is 2.73. The molecule has 0 bridgehead atoms. The average molecular weight is 482 g/mol. The zero-order valence-electron chi connectivity index (χ0n) is 23.0. The maximum absolute atomic E-state index is 10.8. The number of carbonyl (C=O) groups is 1. The van der Waals surface area contributed by atoms with Gasteiger partial charge in [-0.1, -0.05) is 59.1 Å². The highest BCUT2D eigenvalue weighted by atomic mass is 16.4. The van der Waals surface area contributed by atoms with Gasteiger partial charge < -0.3 is 25.2 Å². The van der Waals surface area contributed by atoms with Crippen molar-refractivity contribution in [2.75, 3.05) is 0 Å². The summed E-state index contributed by atoms with van der Waals surface area (Å²) in [4.78, 5) is 10.8. The molecule has 1 rings (SSSR count). The zero-order valence-corrected chi connectivity index (χ0v) is 23.0. The van der Waals surface area contributed by atoms with Gasteiger partial charge in [-0.3, -0.25) is 0 Å². The number of carboxylic acids is 1. The normalized spacial score (nSPS) is 28.5. The molecule has 0 amide bonds. The molecule has 0 aromatic heterocycles. The predicted octanol–water partition coefficient (Wildman–Crippen LogP) is 5.01. The lowest BCUT2D eigenvalue weighted by atomic mass is 9.71. The fraction of sp³-hybridized carbons (Fsp3) is 0.897. The molecule has 8 atom stereocenters. The van der Waals surface area contributed by atoms with Crippen molar-refractivity contribution < 1.29 is 25.2 Å². The van der Waals surface area contributed by atoms with Gasteiger partial charge >= 0.3 is 0 Å². The first-order valence-corrected chi connectivity index (χ1v) is 13.7. The molecule has 0 heterocycles. The summed E-state index contributed by atoms with van der Waals surface area (Å²) in [5.41, 5.74) is -0.155. The van der Waals surface area contributed by atoms with E-state index in [1.807, 2.05) is 6.92 Å². The monoisotopic (exact) mass is 481 g/mol. The summed E-state index contributed by atoms with van der Waals surface area (Å²) in [6.45, 7) is 14.3. The Balaban J connectivity index is 2.28. The Labute approximate surface area is 209 Å². The van der Waals surface area contributed by atoms with Gasteiger partial charge in [-0.15, -0.1) is 0 Å². The van der Waals surface area contributed by atoms with Crippen molar-refractivity contribution in [3.63, 3.8) is 0 Å². The molecule has 3 N–H and O–H groups in total. The smallest absolute Gasteiger partial charge is 0.0751 e. The third kappa shape index (κ3) is 11.2. The Bertz CT molecular complexity index is 638. The number of allylic oxidation sites excluding steroid dienone is 1. The van der Waals surface area contributed by atoms with Gasteiger partial charge in [0.15, 0.2) is 0 Å². The topological polar surface area (TPSA) is 101 Å². The summed E-state index contributed by atoms with van der Waals surface area (Å²) in [5.74, 6) is 0.419. The minimum atomic E-state index is -1.03. The van der Waals surface area contributed by atoms with Crippen molar-refractivity contribution in [3.05, 3.63) is 11.6 Å². The molecule has 8 unspecified atom stereocenters. The second-order valence-electron chi connectivity index (χ2n) is 12.2. The molecular weight excluding hydrogens is 428 g/mol. The van der Waals surface area contributed by atoms with E-state index in [1.165, 1.54) is 5.57 Å². The quantitative estimate of drug-likeness (QED) is 0.269. The number of carbonyl (C=O) groups excluding carboxylic acids is 1. The first kappa shape index (κ1) is 31.1. The third-order valence-corrected chi connectivity index (χ3v) is 8.65. The summed E-state index contributed by atoms with van der Waals surface area (Å²) in [7, 11) is 0. The van der Waals surface area contributed by atoms with E-state index in [-0.39, 0.29) is 6.10 Å². The van der Waals surface area contributed by atoms with Crippen molar-refractivity contribution in [1.29, 1.82) is 0 Å². The van der Waals surface area contributed by atoms with Crippen LogP contribution in [0.5, 0.6) is 0 Å². The van der Waals surface area contributed by atoms with Crippen LogP contribution in [-0.2, 0) is 4.79 Å². The van der Waals surface area contributed by atoms with Crippen LogP contribution in [0.1, 0.15) is 119 Å². The molecule has 0 radical (unpaired) electrons. The van der Waals surface area contributed by atoms with Gasteiger partial charge in [-0.05, 0) is 101 Å². The van der Waals surface area contributed by atoms with Crippen LogP contribution in [-0.4, -0.2) is 38.6 Å². The fourth-order valence-corrected chi connectivity index (χ4v) is 5.33. The molecule has 1 aliphatic carbocycles. The van der Waals surface area contributed by atoms with E-state index in [2.05, 4.69) is 33.8 Å². The molecule has 0 aromatic rings. The first-order chi connectivity index (χ1) is 15.6.